The first-order chi connectivity index (χ1) is 7.29. The molecule has 1 aromatic rings. The minimum atomic E-state index is -1.07. The average Bonchev–Trinajstić information content (AvgIpc) is 2.56. The van der Waals surface area contributed by atoms with Crippen LogP contribution in [-0.2, 0) is 7.05 Å². The number of methoxy groups -OCH3 is 1. The fourth-order valence-electron chi connectivity index (χ4n) is 1.37. The lowest BCUT2D eigenvalue weighted by atomic mass is 9.85. The molecule has 0 aliphatic carbocycles. The van der Waals surface area contributed by atoms with Crippen LogP contribution in [0.4, 0.5) is 0 Å². The summed E-state index contributed by atoms with van der Waals surface area (Å²) in [5.41, 5.74) is -0.211. The average molecular weight is 226 g/mol. The lowest BCUT2D eigenvalue weighted by Crippen LogP contribution is -2.35. The fraction of sp³-hybridized carbons (Fsp3) is 0.636. The van der Waals surface area contributed by atoms with Crippen molar-refractivity contribution in [3.8, 4) is 5.75 Å². The van der Waals surface area contributed by atoms with Gasteiger partial charge < -0.3 is 9.84 Å². The van der Waals surface area contributed by atoms with Gasteiger partial charge in [-0.15, -0.1) is 0 Å². The number of aliphatic hydroxyl groups excluding tert-OH is 1. The first-order valence-electron chi connectivity index (χ1n) is 5.07. The highest BCUT2D eigenvalue weighted by atomic mass is 16.5. The Kier molecular flexibility index (Phi) is 3.38. The predicted octanol–water partition coefficient (Wildman–Crippen LogP) is 1.02. The van der Waals surface area contributed by atoms with Gasteiger partial charge in [0.05, 0.1) is 13.3 Å². The van der Waals surface area contributed by atoms with E-state index in [1.807, 2.05) is 0 Å². The monoisotopic (exact) mass is 226 g/mol. The van der Waals surface area contributed by atoms with Crippen molar-refractivity contribution in [1.29, 1.82) is 0 Å². The Hall–Kier alpha value is -1.36. The third kappa shape index (κ3) is 2.24. The third-order valence-electron chi connectivity index (χ3n) is 2.43. The van der Waals surface area contributed by atoms with Crippen LogP contribution in [0.1, 0.15) is 31.3 Å². The predicted molar refractivity (Wildman–Crippen MR) is 59.6 cm³/mol. The zero-order valence-corrected chi connectivity index (χ0v) is 10.3. The maximum Gasteiger partial charge on any atom is 0.213 e. The van der Waals surface area contributed by atoms with Crippen molar-refractivity contribution in [2.24, 2.45) is 12.5 Å². The summed E-state index contributed by atoms with van der Waals surface area (Å²) >= 11 is 0. The Bertz CT molecular complexity index is 390. The Labute approximate surface area is 95.0 Å². The van der Waals surface area contributed by atoms with E-state index in [0.29, 0.717) is 11.4 Å². The number of Topliss-reactive ketones (excluding diaryl/α,β-unsaturated/α-hetero) is 1. The minimum Gasteiger partial charge on any atom is -0.493 e. The van der Waals surface area contributed by atoms with E-state index < -0.39 is 11.5 Å². The van der Waals surface area contributed by atoms with Crippen LogP contribution < -0.4 is 4.74 Å². The number of ether oxygens (including phenoxy) is 1. The molecule has 0 spiro atoms. The summed E-state index contributed by atoms with van der Waals surface area (Å²) in [5.74, 6) is 0.0140. The van der Waals surface area contributed by atoms with E-state index in [1.165, 1.54) is 18.0 Å². The summed E-state index contributed by atoms with van der Waals surface area (Å²) in [4.78, 5) is 12.1. The Balaban J connectivity index is 3.09. The number of carbonyl (C=O) groups excluding carboxylic acids is 1. The van der Waals surface area contributed by atoms with Gasteiger partial charge in [-0.2, -0.15) is 5.10 Å². The van der Waals surface area contributed by atoms with E-state index in [9.17, 15) is 9.90 Å². The molecule has 0 amide bonds. The quantitative estimate of drug-likeness (QED) is 0.781. The molecule has 90 valence electrons. The van der Waals surface area contributed by atoms with E-state index >= 15 is 0 Å². The van der Waals surface area contributed by atoms with Crippen molar-refractivity contribution < 1.29 is 14.6 Å². The summed E-state index contributed by atoms with van der Waals surface area (Å²) in [6.07, 6.45) is 0.389. The molecule has 0 saturated carbocycles. The van der Waals surface area contributed by atoms with Crippen LogP contribution in [0.2, 0.25) is 0 Å². The Morgan fingerprint density at radius 1 is 1.56 bits per heavy atom. The summed E-state index contributed by atoms with van der Waals surface area (Å²) < 4.78 is 6.45. The van der Waals surface area contributed by atoms with Crippen LogP contribution in [0.25, 0.3) is 0 Å². The number of aromatic nitrogens is 2. The normalized spacial score (nSPS) is 13.6. The molecule has 5 heteroatoms. The van der Waals surface area contributed by atoms with E-state index in [2.05, 4.69) is 5.10 Å². The van der Waals surface area contributed by atoms with E-state index in [1.54, 1.807) is 27.8 Å². The first-order valence-corrected chi connectivity index (χ1v) is 5.07. The first kappa shape index (κ1) is 12.7. The topological polar surface area (TPSA) is 64.4 Å². The number of ketones is 1. The molecule has 16 heavy (non-hydrogen) atoms. The minimum absolute atomic E-state index is 0.296. The lowest BCUT2D eigenvalue weighted by Gasteiger charge is -2.24. The van der Waals surface area contributed by atoms with Crippen molar-refractivity contribution >= 4 is 5.78 Å². The zero-order valence-electron chi connectivity index (χ0n) is 10.3. The molecule has 5 nitrogen and oxygen atoms in total. The Morgan fingerprint density at radius 3 is 2.56 bits per heavy atom. The van der Waals surface area contributed by atoms with Crippen LogP contribution >= 0.6 is 0 Å². The molecule has 1 unspecified atom stereocenters. The molecule has 1 atom stereocenters. The number of carbonyl (C=O) groups is 1. The fourth-order valence-corrected chi connectivity index (χ4v) is 1.37. The van der Waals surface area contributed by atoms with Gasteiger partial charge in [-0.3, -0.25) is 9.48 Å². The van der Waals surface area contributed by atoms with Crippen molar-refractivity contribution in [3.05, 3.63) is 11.9 Å². The van der Waals surface area contributed by atoms with E-state index in [0.717, 1.165) is 0 Å². The van der Waals surface area contributed by atoms with Gasteiger partial charge in [0.15, 0.2) is 5.75 Å². The van der Waals surface area contributed by atoms with Gasteiger partial charge in [0.2, 0.25) is 5.78 Å². The molecule has 0 saturated heterocycles. The second kappa shape index (κ2) is 4.25. The van der Waals surface area contributed by atoms with Gasteiger partial charge in [0.1, 0.15) is 11.8 Å². The SMILES string of the molecule is COc1cnn(C)c1C(=O)C(O)C(C)(C)C. The van der Waals surface area contributed by atoms with Gasteiger partial charge in [-0.1, -0.05) is 20.8 Å². The van der Waals surface area contributed by atoms with Crippen LogP contribution in [0.5, 0.6) is 5.75 Å². The van der Waals surface area contributed by atoms with Crippen LogP contribution in [-0.4, -0.2) is 33.9 Å². The van der Waals surface area contributed by atoms with Crippen molar-refractivity contribution in [2.45, 2.75) is 26.9 Å². The maximum atomic E-state index is 12.1. The zero-order chi connectivity index (χ0) is 12.5. The van der Waals surface area contributed by atoms with E-state index in [-0.39, 0.29) is 5.78 Å². The standard InChI is InChI=1S/C11H18N2O3/c1-11(2,3)10(15)9(14)8-7(16-5)6-12-13(8)4/h6,10,15H,1-5H3. The molecule has 0 aliphatic heterocycles. The molecular formula is C11H18N2O3. The van der Waals surface area contributed by atoms with Crippen LogP contribution in [0, 0.1) is 5.41 Å². The number of aliphatic hydroxyl groups is 1. The highest BCUT2D eigenvalue weighted by molar-refractivity contribution is 6.00. The summed E-state index contributed by atoms with van der Waals surface area (Å²) in [6.45, 7) is 5.41. The number of aryl methyl sites for hydroxylation is 1. The molecule has 1 heterocycles. The second-order valence-electron chi connectivity index (χ2n) is 4.82. The molecule has 1 rings (SSSR count). The van der Waals surface area contributed by atoms with Crippen LogP contribution in [0.15, 0.2) is 6.20 Å². The summed E-state index contributed by atoms with van der Waals surface area (Å²) in [7, 11) is 3.11. The van der Waals surface area contributed by atoms with Crippen molar-refractivity contribution in [2.75, 3.05) is 7.11 Å². The molecule has 0 bridgehead atoms. The smallest absolute Gasteiger partial charge is 0.213 e. The molecule has 0 aromatic carbocycles. The molecule has 0 aliphatic rings. The van der Waals surface area contributed by atoms with E-state index in [4.69, 9.17) is 4.74 Å². The van der Waals surface area contributed by atoms with Crippen molar-refractivity contribution in [1.82, 2.24) is 9.78 Å². The lowest BCUT2D eigenvalue weighted by molar-refractivity contribution is 0.0430. The number of nitrogens with zero attached hydrogens (tertiary/aromatic N) is 2. The van der Waals surface area contributed by atoms with Crippen LogP contribution in [0.3, 0.4) is 0 Å². The highest BCUT2D eigenvalue weighted by Crippen LogP contribution is 2.26. The highest BCUT2D eigenvalue weighted by Gasteiger charge is 2.33. The summed E-state index contributed by atoms with van der Waals surface area (Å²) in [5, 5.41) is 13.9. The van der Waals surface area contributed by atoms with Gasteiger partial charge in [-0.25, -0.2) is 0 Å². The van der Waals surface area contributed by atoms with Gasteiger partial charge >= 0.3 is 0 Å². The molecule has 0 fully saturated rings. The molecule has 1 N–H and O–H groups in total. The van der Waals surface area contributed by atoms with Gasteiger partial charge in [-0.05, 0) is 5.41 Å². The second-order valence-corrected chi connectivity index (χ2v) is 4.82. The number of hydrogen-bond acceptors (Lipinski definition) is 4. The Morgan fingerprint density at radius 2 is 2.12 bits per heavy atom. The maximum absolute atomic E-state index is 12.1. The summed E-state index contributed by atoms with van der Waals surface area (Å²) in [6, 6.07) is 0. The number of hydrogen-bond donors (Lipinski definition) is 1. The molecule has 1 aromatic heterocycles. The molecule has 0 radical (unpaired) electrons. The van der Waals surface area contributed by atoms with Crippen molar-refractivity contribution in [3.63, 3.8) is 0 Å². The third-order valence-corrected chi connectivity index (χ3v) is 2.43. The molecular weight excluding hydrogens is 208 g/mol. The largest absolute Gasteiger partial charge is 0.493 e. The van der Waals surface area contributed by atoms with Gasteiger partial charge in [0, 0.05) is 7.05 Å². The number of rotatable bonds is 3. The van der Waals surface area contributed by atoms with Gasteiger partial charge in [0.25, 0.3) is 0 Å².